The van der Waals surface area contributed by atoms with Crippen molar-refractivity contribution < 1.29 is 14.0 Å². The normalized spacial score (nSPS) is 16.2. The van der Waals surface area contributed by atoms with Crippen LogP contribution in [-0.2, 0) is 9.59 Å². The lowest BCUT2D eigenvalue weighted by atomic mass is 10.1. The molecule has 1 aliphatic carbocycles. The Morgan fingerprint density at radius 2 is 1.55 bits per heavy atom. The first-order chi connectivity index (χ1) is 9.65. The molecular formula is C15H19FN2O2. The van der Waals surface area contributed by atoms with Gasteiger partial charge in [0.1, 0.15) is 5.82 Å². The van der Waals surface area contributed by atoms with E-state index >= 15 is 0 Å². The zero-order valence-electron chi connectivity index (χ0n) is 11.3. The Hall–Kier alpha value is -1.91. The summed E-state index contributed by atoms with van der Waals surface area (Å²) in [6, 6.07) is 5.40. The summed E-state index contributed by atoms with van der Waals surface area (Å²) >= 11 is 0. The maximum atomic E-state index is 12.7. The monoisotopic (exact) mass is 278 g/mol. The Morgan fingerprint density at radius 1 is 0.950 bits per heavy atom. The molecule has 108 valence electrons. The molecule has 0 atom stereocenters. The summed E-state index contributed by atoms with van der Waals surface area (Å²) in [4.78, 5) is 23.5. The van der Waals surface area contributed by atoms with Crippen LogP contribution in [0.4, 0.5) is 10.1 Å². The van der Waals surface area contributed by atoms with Crippen molar-refractivity contribution in [3.63, 3.8) is 0 Å². The van der Waals surface area contributed by atoms with Crippen molar-refractivity contribution in [3.8, 4) is 0 Å². The van der Waals surface area contributed by atoms with Crippen LogP contribution >= 0.6 is 0 Å². The van der Waals surface area contributed by atoms with E-state index in [2.05, 4.69) is 10.6 Å². The molecule has 0 bridgehead atoms. The fraction of sp³-hybridized carbons (Fsp3) is 0.467. The van der Waals surface area contributed by atoms with E-state index in [0.717, 1.165) is 25.7 Å². The lowest BCUT2D eigenvalue weighted by Crippen LogP contribution is -2.41. The van der Waals surface area contributed by atoms with Gasteiger partial charge in [-0.3, -0.25) is 9.59 Å². The molecule has 5 heteroatoms. The summed E-state index contributed by atoms with van der Waals surface area (Å²) in [6.07, 6.45) is 6.41. The first-order valence-electron chi connectivity index (χ1n) is 7.02. The largest absolute Gasteiger partial charge is 0.345 e. The number of hydrogen-bond acceptors (Lipinski definition) is 2. The van der Waals surface area contributed by atoms with E-state index < -0.39 is 11.8 Å². The van der Waals surface area contributed by atoms with Gasteiger partial charge < -0.3 is 10.6 Å². The molecule has 0 aliphatic heterocycles. The topological polar surface area (TPSA) is 58.2 Å². The lowest BCUT2D eigenvalue weighted by molar-refractivity contribution is -0.136. The second kappa shape index (κ2) is 7.03. The number of benzene rings is 1. The average molecular weight is 278 g/mol. The van der Waals surface area contributed by atoms with Gasteiger partial charge in [0.15, 0.2) is 0 Å². The minimum Gasteiger partial charge on any atom is -0.345 e. The van der Waals surface area contributed by atoms with Gasteiger partial charge in [-0.15, -0.1) is 0 Å². The minimum absolute atomic E-state index is 0.0870. The Labute approximate surface area is 117 Å². The van der Waals surface area contributed by atoms with Gasteiger partial charge in [-0.25, -0.2) is 4.39 Å². The summed E-state index contributed by atoms with van der Waals surface area (Å²) in [5, 5.41) is 5.22. The van der Waals surface area contributed by atoms with Crippen LogP contribution < -0.4 is 10.6 Å². The molecule has 0 unspecified atom stereocenters. The average Bonchev–Trinajstić information content (AvgIpc) is 2.70. The van der Waals surface area contributed by atoms with Crippen LogP contribution in [0.5, 0.6) is 0 Å². The number of carbonyl (C=O) groups excluding carboxylic acids is 2. The number of halogens is 1. The zero-order chi connectivity index (χ0) is 14.4. The van der Waals surface area contributed by atoms with Gasteiger partial charge in [-0.2, -0.15) is 0 Å². The molecule has 4 nitrogen and oxygen atoms in total. The zero-order valence-corrected chi connectivity index (χ0v) is 11.3. The fourth-order valence-corrected chi connectivity index (χ4v) is 2.40. The standard InChI is InChI=1S/C15H19FN2O2/c16-11-7-9-13(10-8-11)18-15(20)14(19)17-12-5-3-1-2-4-6-12/h7-10,12H,1-6H2,(H,17,19)(H,18,20). The molecule has 1 saturated carbocycles. The Kier molecular flexibility index (Phi) is 5.09. The molecule has 0 saturated heterocycles. The summed E-state index contributed by atoms with van der Waals surface area (Å²) in [5.41, 5.74) is 0.410. The third-order valence-electron chi connectivity index (χ3n) is 3.50. The van der Waals surface area contributed by atoms with Gasteiger partial charge in [0.25, 0.3) is 0 Å². The van der Waals surface area contributed by atoms with E-state index in [0.29, 0.717) is 5.69 Å². The van der Waals surface area contributed by atoms with Crippen LogP contribution in [0.25, 0.3) is 0 Å². The SMILES string of the molecule is O=C(Nc1ccc(F)cc1)C(=O)NC1CCCCCC1. The molecule has 1 aromatic carbocycles. The van der Waals surface area contributed by atoms with Crippen molar-refractivity contribution in [1.29, 1.82) is 0 Å². The maximum Gasteiger partial charge on any atom is 0.313 e. The third kappa shape index (κ3) is 4.33. The second-order valence-corrected chi connectivity index (χ2v) is 5.12. The number of amides is 2. The molecule has 2 N–H and O–H groups in total. The van der Waals surface area contributed by atoms with Gasteiger partial charge in [0.05, 0.1) is 0 Å². The van der Waals surface area contributed by atoms with Crippen molar-refractivity contribution >= 4 is 17.5 Å². The summed E-state index contributed by atoms with van der Waals surface area (Å²) < 4.78 is 12.7. The Bertz CT molecular complexity index is 465. The summed E-state index contributed by atoms with van der Waals surface area (Å²) in [7, 11) is 0. The van der Waals surface area contributed by atoms with Crippen molar-refractivity contribution in [2.45, 2.75) is 44.6 Å². The molecule has 2 amide bonds. The van der Waals surface area contributed by atoms with Gasteiger partial charge in [0, 0.05) is 11.7 Å². The Balaban J connectivity index is 1.85. The maximum absolute atomic E-state index is 12.7. The van der Waals surface area contributed by atoms with Crippen molar-refractivity contribution in [2.75, 3.05) is 5.32 Å². The van der Waals surface area contributed by atoms with Crippen molar-refractivity contribution in [3.05, 3.63) is 30.1 Å². The van der Waals surface area contributed by atoms with E-state index in [4.69, 9.17) is 0 Å². The van der Waals surface area contributed by atoms with Crippen LogP contribution in [0.1, 0.15) is 38.5 Å². The van der Waals surface area contributed by atoms with Crippen LogP contribution in [0.2, 0.25) is 0 Å². The van der Waals surface area contributed by atoms with E-state index in [9.17, 15) is 14.0 Å². The predicted molar refractivity (Wildman–Crippen MR) is 74.7 cm³/mol. The van der Waals surface area contributed by atoms with Gasteiger partial charge in [-0.05, 0) is 37.1 Å². The van der Waals surface area contributed by atoms with Crippen LogP contribution in [0, 0.1) is 5.82 Å². The van der Waals surface area contributed by atoms with Crippen molar-refractivity contribution in [1.82, 2.24) is 5.32 Å². The summed E-state index contributed by atoms with van der Waals surface area (Å²) in [5.74, 6) is -1.71. The quantitative estimate of drug-likeness (QED) is 0.645. The molecule has 0 aromatic heterocycles. The lowest BCUT2D eigenvalue weighted by Gasteiger charge is -2.15. The fourth-order valence-electron chi connectivity index (χ4n) is 2.40. The predicted octanol–water partition coefficient (Wildman–Crippen LogP) is 2.60. The smallest absolute Gasteiger partial charge is 0.313 e. The van der Waals surface area contributed by atoms with Crippen LogP contribution in [0.3, 0.4) is 0 Å². The molecule has 0 heterocycles. The highest BCUT2D eigenvalue weighted by Crippen LogP contribution is 2.17. The minimum atomic E-state index is -0.708. The molecule has 1 aliphatic rings. The third-order valence-corrected chi connectivity index (χ3v) is 3.50. The first kappa shape index (κ1) is 14.5. The highest BCUT2D eigenvalue weighted by Gasteiger charge is 2.19. The molecule has 1 fully saturated rings. The molecular weight excluding hydrogens is 259 g/mol. The molecule has 0 spiro atoms. The molecule has 20 heavy (non-hydrogen) atoms. The van der Waals surface area contributed by atoms with Gasteiger partial charge >= 0.3 is 11.8 Å². The van der Waals surface area contributed by atoms with E-state index in [1.807, 2.05) is 0 Å². The number of rotatable bonds is 2. The Morgan fingerprint density at radius 3 is 2.15 bits per heavy atom. The first-order valence-corrected chi connectivity index (χ1v) is 7.02. The van der Waals surface area contributed by atoms with Crippen LogP contribution in [0.15, 0.2) is 24.3 Å². The summed E-state index contributed by atoms with van der Waals surface area (Å²) in [6.45, 7) is 0. The van der Waals surface area contributed by atoms with Gasteiger partial charge in [0.2, 0.25) is 0 Å². The second-order valence-electron chi connectivity index (χ2n) is 5.12. The van der Waals surface area contributed by atoms with Crippen molar-refractivity contribution in [2.24, 2.45) is 0 Å². The molecule has 0 radical (unpaired) electrons. The van der Waals surface area contributed by atoms with Gasteiger partial charge in [-0.1, -0.05) is 25.7 Å². The molecule has 1 aromatic rings. The number of nitrogens with one attached hydrogen (secondary N) is 2. The van der Waals surface area contributed by atoms with E-state index in [1.54, 1.807) is 0 Å². The number of hydrogen-bond donors (Lipinski definition) is 2. The van der Waals surface area contributed by atoms with Crippen LogP contribution in [-0.4, -0.2) is 17.9 Å². The van der Waals surface area contributed by atoms with E-state index in [1.165, 1.54) is 37.1 Å². The number of carbonyl (C=O) groups is 2. The van der Waals surface area contributed by atoms with E-state index in [-0.39, 0.29) is 11.9 Å². The number of anilines is 1. The highest BCUT2D eigenvalue weighted by atomic mass is 19.1. The molecule has 2 rings (SSSR count). The highest BCUT2D eigenvalue weighted by molar-refractivity contribution is 6.39.